The molecule has 0 aliphatic carbocycles. The van der Waals surface area contributed by atoms with Gasteiger partial charge in [-0.2, -0.15) is 8.78 Å². The number of halogens is 2. The average Bonchev–Trinajstić information content (AvgIpc) is 2.39. The fraction of sp³-hybridized carbons (Fsp3) is 0.0769. The lowest BCUT2D eigenvalue weighted by Gasteiger charge is -2.11. The fourth-order valence-electron chi connectivity index (χ4n) is 1.57. The molecule has 0 radical (unpaired) electrons. The second-order valence-corrected chi connectivity index (χ2v) is 5.81. The van der Waals surface area contributed by atoms with Crippen molar-refractivity contribution in [2.24, 2.45) is 0 Å². The predicted octanol–water partition coefficient (Wildman–Crippen LogP) is 3.06. The summed E-state index contributed by atoms with van der Waals surface area (Å²) >= 11 is 0. The Morgan fingerprint density at radius 2 is 1.75 bits per heavy atom. The standard InChI is InChI=1S/C13H11F2NO3S/c14-13(15)20(17,18)12-7-2-1-6-11(12)19-10-5-3-4-9(16)8-10/h1-8,13H,16H2. The van der Waals surface area contributed by atoms with E-state index in [2.05, 4.69) is 0 Å². The first-order chi connectivity index (χ1) is 9.41. The molecule has 0 atom stereocenters. The van der Waals surface area contributed by atoms with E-state index >= 15 is 0 Å². The van der Waals surface area contributed by atoms with Gasteiger partial charge in [-0.25, -0.2) is 8.42 Å². The maximum atomic E-state index is 12.6. The molecule has 0 heterocycles. The van der Waals surface area contributed by atoms with E-state index in [0.29, 0.717) is 5.69 Å². The third-order valence-corrected chi connectivity index (χ3v) is 3.90. The Balaban J connectivity index is 2.44. The SMILES string of the molecule is Nc1cccc(Oc2ccccc2S(=O)(=O)C(F)F)c1. The highest BCUT2D eigenvalue weighted by Gasteiger charge is 2.29. The first-order valence-corrected chi connectivity index (χ1v) is 7.10. The van der Waals surface area contributed by atoms with E-state index < -0.39 is 20.5 Å². The van der Waals surface area contributed by atoms with Crippen molar-refractivity contribution >= 4 is 15.5 Å². The molecule has 2 rings (SSSR count). The minimum Gasteiger partial charge on any atom is -0.456 e. The number of ether oxygens (including phenoxy) is 1. The Morgan fingerprint density at radius 1 is 1.05 bits per heavy atom. The van der Waals surface area contributed by atoms with E-state index in [1.165, 1.54) is 24.3 Å². The summed E-state index contributed by atoms with van der Waals surface area (Å²) in [5.74, 6) is -3.41. The number of para-hydroxylation sites is 1. The zero-order valence-electron chi connectivity index (χ0n) is 10.2. The van der Waals surface area contributed by atoms with Crippen molar-refractivity contribution in [3.05, 3.63) is 48.5 Å². The number of alkyl halides is 2. The molecule has 0 saturated heterocycles. The summed E-state index contributed by atoms with van der Waals surface area (Å²) in [5, 5.41) is 0. The summed E-state index contributed by atoms with van der Waals surface area (Å²) in [6.07, 6.45) is 0. The molecule has 0 unspecified atom stereocenters. The first kappa shape index (κ1) is 14.3. The monoisotopic (exact) mass is 299 g/mol. The summed E-state index contributed by atoms with van der Waals surface area (Å²) in [6, 6.07) is 11.5. The molecule has 0 aliphatic heterocycles. The lowest BCUT2D eigenvalue weighted by Crippen LogP contribution is -2.12. The quantitative estimate of drug-likeness (QED) is 0.881. The van der Waals surface area contributed by atoms with Gasteiger partial charge in [0.05, 0.1) is 0 Å². The highest BCUT2D eigenvalue weighted by Crippen LogP contribution is 2.32. The molecule has 4 nitrogen and oxygen atoms in total. The van der Waals surface area contributed by atoms with Crippen LogP contribution in [-0.4, -0.2) is 14.2 Å². The van der Waals surface area contributed by atoms with Crippen LogP contribution in [0, 0.1) is 0 Å². The van der Waals surface area contributed by atoms with Gasteiger partial charge in [-0.1, -0.05) is 18.2 Å². The maximum Gasteiger partial charge on any atom is 0.341 e. The summed E-state index contributed by atoms with van der Waals surface area (Å²) in [4.78, 5) is -0.558. The summed E-state index contributed by atoms with van der Waals surface area (Å²) in [7, 11) is -4.73. The van der Waals surface area contributed by atoms with Gasteiger partial charge in [0.1, 0.15) is 16.4 Å². The van der Waals surface area contributed by atoms with Gasteiger partial charge in [0.2, 0.25) is 9.84 Å². The zero-order chi connectivity index (χ0) is 14.8. The van der Waals surface area contributed by atoms with Gasteiger partial charge in [0, 0.05) is 11.8 Å². The van der Waals surface area contributed by atoms with Crippen LogP contribution in [0.3, 0.4) is 0 Å². The Labute approximate surface area is 114 Å². The van der Waals surface area contributed by atoms with Crippen LogP contribution in [0.1, 0.15) is 0 Å². The van der Waals surface area contributed by atoms with Crippen molar-refractivity contribution in [1.82, 2.24) is 0 Å². The fourth-order valence-corrected chi connectivity index (χ4v) is 2.42. The molecule has 0 fully saturated rings. The number of nitrogen functional groups attached to an aromatic ring is 1. The number of anilines is 1. The molecule has 0 aliphatic rings. The lowest BCUT2D eigenvalue weighted by atomic mass is 10.3. The van der Waals surface area contributed by atoms with E-state index in [0.717, 1.165) is 6.07 Å². The summed E-state index contributed by atoms with van der Waals surface area (Å²) in [6.45, 7) is 0. The third-order valence-electron chi connectivity index (χ3n) is 2.48. The van der Waals surface area contributed by atoms with Crippen LogP contribution in [0.15, 0.2) is 53.4 Å². The summed E-state index contributed by atoms with van der Waals surface area (Å²) < 4.78 is 53.7. The van der Waals surface area contributed by atoms with Crippen LogP contribution in [0.5, 0.6) is 11.5 Å². The van der Waals surface area contributed by atoms with Gasteiger partial charge in [-0.3, -0.25) is 0 Å². The lowest BCUT2D eigenvalue weighted by molar-refractivity contribution is 0.234. The molecular formula is C13H11F2NO3S. The van der Waals surface area contributed by atoms with Gasteiger partial charge in [0.25, 0.3) is 0 Å². The van der Waals surface area contributed by atoms with Crippen LogP contribution < -0.4 is 10.5 Å². The van der Waals surface area contributed by atoms with Crippen LogP contribution in [0.25, 0.3) is 0 Å². The number of sulfone groups is 1. The number of benzene rings is 2. The number of hydrogen-bond acceptors (Lipinski definition) is 4. The van der Waals surface area contributed by atoms with Gasteiger partial charge in [0.15, 0.2) is 0 Å². The van der Waals surface area contributed by atoms with E-state index in [1.807, 2.05) is 0 Å². The minimum atomic E-state index is -4.73. The van der Waals surface area contributed by atoms with Crippen LogP contribution >= 0.6 is 0 Å². The molecule has 2 N–H and O–H groups in total. The van der Waals surface area contributed by atoms with E-state index in [4.69, 9.17) is 10.5 Å². The van der Waals surface area contributed by atoms with Gasteiger partial charge >= 0.3 is 5.76 Å². The van der Waals surface area contributed by atoms with Gasteiger partial charge in [-0.05, 0) is 24.3 Å². The Kier molecular flexibility index (Phi) is 3.89. The minimum absolute atomic E-state index is 0.168. The molecule has 0 amide bonds. The first-order valence-electron chi connectivity index (χ1n) is 5.56. The number of rotatable bonds is 4. The van der Waals surface area contributed by atoms with Crippen LogP contribution in [-0.2, 0) is 9.84 Å². The second-order valence-electron chi connectivity index (χ2n) is 3.93. The smallest absolute Gasteiger partial charge is 0.341 e. The highest BCUT2D eigenvalue weighted by molar-refractivity contribution is 7.91. The van der Waals surface area contributed by atoms with Crippen molar-refractivity contribution in [2.45, 2.75) is 10.7 Å². The molecule has 0 saturated carbocycles. The molecular weight excluding hydrogens is 288 g/mol. The van der Waals surface area contributed by atoms with Crippen molar-refractivity contribution in [2.75, 3.05) is 5.73 Å². The Hall–Kier alpha value is -2.15. The third kappa shape index (κ3) is 2.88. The van der Waals surface area contributed by atoms with E-state index in [9.17, 15) is 17.2 Å². The normalized spacial score (nSPS) is 11.6. The zero-order valence-corrected chi connectivity index (χ0v) is 11.0. The topological polar surface area (TPSA) is 69.4 Å². The highest BCUT2D eigenvalue weighted by atomic mass is 32.2. The maximum absolute atomic E-state index is 12.6. The molecule has 7 heteroatoms. The predicted molar refractivity (Wildman–Crippen MR) is 70.6 cm³/mol. The van der Waals surface area contributed by atoms with Crippen LogP contribution in [0.2, 0.25) is 0 Å². The largest absolute Gasteiger partial charge is 0.456 e. The molecule has 20 heavy (non-hydrogen) atoms. The van der Waals surface area contributed by atoms with Crippen LogP contribution in [0.4, 0.5) is 14.5 Å². The van der Waals surface area contributed by atoms with Crippen molar-refractivity contribution in [3.8, 4) is 11.5 Å². The molecule has 106 valence electrons. The summed E-state index contributed by atoms with van der Waals surface area (Å²) in [5.41, 5.74) is 5.98. The molecule has 2 aromatic carbocycles. The van der Waals surface area contributed by atoms with Crippen molar-refractivity contribution in [1.29, 1.82) is 0 Å². The molecule has 0 spiro atoms. The Morgan fingerprint density at radius 3 is 2.40 bits per heavy atom. The van der Waals surface area contributed by atoms with Gasteiger partial charge in [-0.15, -0.1) is 0 Å². The average molecular weight is 299 g/mol. The van der Waals surface area contributed by atoms with E-state index in [1.54, 1.807) is 18.2 Å². The van der Waals surface area contributed by atoms with Crippen molar-refractivity contribution < 1.29 is 21.9 Å². The van der Waals surface area contributed by atoms with E-state index in [-0.39, 0.29) is 11.5 Å². The molecule has 0 bridgehead atoms. The van der Waals surface area contributed by atoms with Gasteiger partial charge < -0.3 is 10.5 Å². The molecule has 0 aromatic heterocycles. The number of nitrogens with two attached hydrogens (primary N) is 1. The number of hydrogen-bond donors (Lipinski definition) is 1. The Bertz CT molecular complexity index is 717. The van der Waals surface area contributed by atoms with Crippen molar-refractivity contribution in [3.63, 3.8) is 0 Å². The molecule has 2 aromatic rings. The second kappa shape index (κ2) is 5.46.